The Morgan fingerprint density at radius 3 is 2.80 bits per heavy atom. The van der Waals surface area contributed by atoms with Crippen molar-refractivity contribution in [1.82, 2.24) is 14.6 Å². The molecule has 2 heterocycles. The quantitative estimate of drug-likeness (QED) is 0.156. The summed E-state index contributed by atoms with van der Waals surface area (Å²) in [5.74, 6) is 0.342. The normalized spacial score (nSPS) is 13.2. The second-order valence-electron chi connectivity index (χ2n) is 5.98. The molecule has 0 fully saturated rings. The number of ether oxygens (including phenoxy) is 4. The predicted molar refractivity (Wildman–Crippen MR) is 101 cm³/mol. The van der Waals surface area contributed by atoms with E-state index >= 15 is 0 Å². The summed E-state index contributed by atoms with van der Waals surface area (Å²) in [6.07, 6.45) is -0.122. The maximum atomic E-state index is 12.7. The van der Waals surface area contributed by atoms with Crippen LogP contribution in [-0.4, -0.2) is 59.9 Å². The highest BCUT2D eigenvalue weighted by Crippen LogP contribution is 2.48. The van der Waals surface area contributed by atoms with Gasteiger partial charge in [-0.25, -0.2) is 14.3 Å². The van der Waals surface area contributed by atoms with E-state index in [9.17, 15) is 14.2 Å². The van der Waals surface area contributed by atoms with Crippen LogP contribution in [0.4, 0.5) is 10.6 Å². The lowest BCUT2D eigenvalue weighted by Crippen LogP contribution is -2.16. The Morgan fingerprint density at radius 2 is 2.07 bits per heavy atom. The number of hydrogen-bond donors (Lipinski definition) is 1. The van der Waals surface area contributed by atoms with Crippen molar-refractivity contribution in [2.24, 2.45) is 0 Å². The van der Waals surface area contributed by atoms with Crippen LogP contribution in [0.15, 0.2) is 18.5 Å². The molecule has 0 saturated carbocycles. The lowest BCUT2D eigenvalue weighted by atomic mass is 10.3. The molecule has 0 aromatic carbocycles. The van der Waals surface area contributed by atoms with Crippen molar-refractivity contribution in [1.29, 1.82) is 0 Å². The summed E-state index contributed by atoms with van der Waals surface area (Å²) in [5, 5.41) is 4.11. The number of hydrogen-bond acceptors (Lipinski definition) is 12. The first-order valence-electron chi connectivity index (χ1n) is 8.76. The summed E-state index contributed by atoms with van der Waals surface area (Å²) in [7, 11) is -3.89. The number of nitrogens with zero attached hydrogens (tertiary/aromatic N) is 3. The van der Waals surface area contributed by atoms with Crippen molar-refractivity contribution < 1.29 is 42.1 Å². The van der Waals surface area contributed by atoms with Crippen molar-refractivity contribution in [3.05, 3.63) is 24.2 Å². The summed E-state index contributed by atoms with van der Waals surface area (Å²) in [5.41, 5.74) is 7.22. The van der Waals surface area contributed by atoms with Gasteiger partial charge in [0.1, 0.15) is 18.2 Å². The maximum absolute atomic E-state index is 12.7. The largest absolute Gasteiger partial charge is 0.510 e. The van der Waals surface area contributed by atoms with Crippen LogP contribution in [0.25, 0.3) is 5.52 Å². The third kappa shape index (κ3) is 7.26. The molecule has 14 heteroatoms. The number of carbonyl (C=O) groups excluding carboxylic acids is 2. The van der Waals surface area contributed by atoms with Crippen LogP contribution in [0.5, 0.6) is 0 Å². The highest BCUT2D eigenvalue weighted by molar-refractivity contribution is 7.53. The number of nitrogen functional groups attached to an aromatic ring is 1. The zero-order valence-electron chi connectivity index (χ0n) is 16.5. The van der Waals surface area contributed by atoms with Gasteiger partial charge in [0, 0.05) is 12.1 Å². The molecule has 2 rings (SSSR count). The molecule has 2 aromatic rings. The van der Waals surface area contributed by atoms with Gasteiger partial charge in [-0.15, -0.1) is 0 Å². The molecular formula is C16H23N4O9P. The van der Waals surface area contributed by atoms with Crippen LogP contribution in [-0.2, 0) is 43.8 Å². The van der Waals surface area contributed by atoms with Gasteiger partial charge in [-0.2, -0.15) is 5.10 Å². The van der Waals surface area contributed by atoms with E-state index in [1.54, 1.807) is 24.4 Å². The molecule has 0 spiro atoms. The van der Waals surface area contributed by atoms with Gasteiger partial charge in [0.05, 0.1) is 12.7 Å². The molecule has 1 atom stereocenters. The standard InChI is InChI=1S/C16H23N4O9P/c1-12(2)29-16(22)26-10-28-30(23,27-9-25-8-21)11-24-6-5-13-3-4-14-15(17)18-7-19-20(13)14/h3-4,7-8,12H,5-6,9-11H2,1-2H3,(H2,17,18,19). The average Bonchev–Trinajstić information content (AvgIpc) is 3.09. The Hall–Kier alpha value is -2.73. The van der Waals surface area contributed by atoms with Crippen LogP contribution in [0.3, 0.4) is 0 Å². The van der Waals surface area contributed by atoms with Gasteiger partial charge in [0.25, 0.3) is 6.47 Å². The molecule has 30 heavy (non-hydrogen) atoms. The topological polar surface area (TPSA) is 163 Å². The Bertz CT molecular complexity index is 889. The van der Waals surface area contributed by atoms with Gasteiger partial charge < -0.3 is 24.7 Å². The number of nitrogens with two attached hydrogens (primary N) is 1. The number of aromatic nitrogens is 3. The minimum atomic E-state index is -3.89. The maximum Gasteiger partial charge on any atom is 0.510 e. The van der Waals surface area contributed by atoms with Gasteiger partial charge >= 0.3 is 13.8 Å². The first kappa shape index (κ1) is 23.5. The molecule has 166 valence electrons. The molecule has 0 aliphatic carbocycles. The van der Waals surface area contributed by atoms with Gasteiger partial charge in [-0.3, -0.25) is 18.4 Å². The third-order valence-corrected chi connectivity index (χ3v) is 4.95. The van der Waals surface area contributed by atoms with Gasteiger partial charge in [0.2, 0.25) is 13.6 Å². The molecule has 1 unspecified atom stereocenters. The summed E-state index contributed by atoms with van der Waals surface area (Å²) in [6, 6.07) is 3.58. The van der Waals surface area contributed by atoms with Crippen molar-refractivity contribution in [3.8, 4) is 0 Å². The van der Waals surface area contributed by atoms with E-state index in [1.165, 1.54) is 6.33 Å². The lowest BCUT2D eigenvalue weighted by Gasteiger charge is -2.18. The van der Waals surface area contributed by atoms with Crippen LogP contribution in [0.2, 0.25) is 0 Å². The summed E-state index contributed by atoms with van der Waals surface area (Å²) in [4.78, 5) is 25.5. The van der Waals surface area contributed by atoms with E-state index in [-0.39, 0.29) is 13.1 Å². The van der Waals surface area contributed by atoms with Crippen LogP contribution < -0.4 is 5.73 Å². The van der Waals surface area contributed by atoms with Crippen molar-refractivity contribution in [3.63, 3.8) is 0 Å². The van der Waals surface area contributed by atoms with E-state index in [4.69, 9.17) is 24.3 Å². The van der Waals surface area contributed by atoms with Crippen LogP contribution in [0, 0.1) is 0 Å². The van der Waals surface area contributed by atoms with Gasteiger partial charge in [0.15, 0.2) is 5.82 Å². The number of rotatable bonds is 13. The minimum Gasteiger partial charge on any atom is -0.440 e. The predicted octanol–water partition coefficient (Wildman–Crippen LogP) is 1.70. The summed E-state index contributed by atoms with van der Waals surface area (Å²) < 4.78 is 43.4. The summed E-state index contributed by atoms with van der Waals surface area (Å²) in [6.45, 7) is 2.20. The number of carbonyl (C=O) groups is 2. The number of anilines is 1. The van der Waals surface area contributed by atoms with Gasteiger partial charge in [-0.05, 0) is 26.0 Å². The lowest BCUT2D eigenvalue weighted by molar-refractivity contribution is -0.135. The van der Waals surface area contributed by atoms with Gasteiger partial charge in [-0.1, -0.05) is 0 Å². The van der Waals surface area contributed by atoms with Crippen molar-refractivity contribution in [2.45, 2.75) is 26.4 Å². The number of fused-ring (bicyclic) bond motifs is 1. The summed E-state index contributed by atoms with van der Waals surface area (Å²) >= 11 is 0. The average molecular weight is 446 g/mol. The van der Waals surface area contributed by atoms with Crippen LogP contribution in [0.1, 0.15) is 19.5 Å². The molecule has 0 saturated heterocycles. The van der Waals surface area contributed by atoms with Crippen LogP contribution >= 0.6 is 7.60 Å². The van der Waals surface area contributed by atoms with E-state index in [0.29, 0.717) is 17.8 Å². The molecule has 0 radical (unpaired) electrons. The third-order valence-electron chi connectivity index (χ3n) is 3.46. The molecule has 2 N–H and O–H groups in total. The monoisotopic (exact) mass is 446 g/mol. The first-order valence-corrected chi connectivity index (χ1v) is 10.5. The SMILES string of the molecule is CC(C)OC(=O)OCOP(=O)(COCCc1ccc2c(N)ncnn12)OCOC=O. The highest BCUT2D eigenvalue weighted by atomic mass is 31.2. The molecule has 13 nitrogen and oxygen atoms in total. The molecule has 0 aliphatic rings. The fourth-order valence-corrected chi connectivity index (χ4v) is 3.19. The Morgan fingerprint density at radius 1 is 1.30 bits per heavy atom. The molecule has 0 aliphatic heterocycles. The smallest absolute Gasteiger partial charge is 0.440 e. The van der Waals surface area contributed by atoms with E-state index in [2.05, 4.69) is 19.6 Å². The second-order valence-corrected chi connectivity index (χ2v) is 7.98. The minimum absolute atomic E-state index is 0.118. The fraction of sp³-hybridized carbons (Fsp3) is 0.500. The van der Waals surface area contributed by atoms with Crippen molar-refractivity contribution in [2.75, 3.05) is 32.3 Å². The molecule has 2 aromatic heterocycles. The second kappa shape index (κ2) is 11.5. The zero-order valence-corrected chi connectivity index (χ0v) is 17.4. The van der Waals surface area contributed by atoms with Crippen molar-refractivity contribution >= 4 is 31.6 Å². The Kier molecular flexibility index (Phi) is 8.99. The zero-order chi connectivity index (χ0) is 22.0. The molecular weight excluding hydrogens is 423 g/mol. The fourth-order valence-electron chi connectivity index (χ4n) is 2.18. The molecule has 0 bridgehead atoms. The van der Waals surface area contributed by atoms with E-state index < -0.39 is 39.8 Å². The first-order chi connectivity index (χ1) is 14.3. The molecule has 0 amide bonds. The van der Waals surface area contributed by atoms with E-state index in [0.717, 1.165) is 5.69 Å². The highest BCUT2D eigenvalue weighted by Gasteiger charge is 2.27. The van der Waals surface area contributed by atoms with E-state index in [1.807, 2.05) is 6.07 Å². The Labute approximate surface area is 171 Å². The Balaban J connectivity index is 1.85.